The molecule has 1 aromatic rings. The van der Waals surface area contributed by atoms with Gasteiger partial charge in [-0.25, -0.2) is 4.98 Å². The summed E-state index contributed by atoms with van der Waals surface area (Å²) in [7, 11) is 0. The van der Waals surface area contributed by atoms with Crippen LogP contribution in [0.25, 0.3) is 0 Å². The minimum atomic E-state index is -0.297. The molecule has 92 valence electrons. The topological polar surface area (TPSA) is 53.4 Å². The number of carbonyl (C=O) groups excluding carboxylic acids is 1. The SMILES string of the molecule is CC1CN(C(=O)c2cccc(Br)n2)CCC1O. The molecule has 0 aromatic carbocycles. The van der Waals surface area contributed by atoms with Crippen molar-refractivity contribution in [3.63, 3.8) is 0 Å². The first-order valence-corrected chi connectivity index (χ1v) is 6.47. The van der Waals surface area contributed by atoms with Gasteiger partial charge in [0.05, 0.1) is 6.10 Å². The Balaban J connectivity index is 2.10. The lowest BCUT2D eigenvalue weighted by Crippen LogP contribution is -2.45. The van der Waals surface area contributed by atoms with Crippen LogP contribution in [0, 0.1) is 5.92 Å². The van der Waals surface area contributed by atoms with Gasteiger partial charge in [-0.2, -0.15) is 0 Å². The molecule has 1 saturated heterocycles. The first-order chi connectivity index (χ1) is 8.08. The Bertz CT molecular complexity index is 425. The van der Waals surface area contributed by atoms with Gasteiger partial charge in [-0.3, -0.25) is 4.79 Å². The van der Waals surface area contributed by atoms with Crippen LogP contribution in [-0.2, 0) is 0 Å². The quantitative estimate of drug-likeness (QED) is 0.803. The second kappa shape index (κ2) is 5.14. The van der Waals surface area contributed by atoms with E-state index >= 15 is 0 Å². The van der Waals surface area contributed by atoms with E-state index in [0.29, 0.717) is 29.8 Å². The van der Waals surface area contributed by atoms with Crippen LogP contribution in [0.5, 0.6) is 0 Å². The molecule has 1 N–H and O–H groups in total. The molecule has 17 heavy (non-hydrogen) atoms. The smallest absolute Gasteiger partial charge is 0.272 e. The maximum atomic E-state index is 12.2. The number of rotatable bonds is 1. The number of halogens is 1. The molecule has 0 bridgehead atoms. The van der Waals surface area contributed by atoms with Crippen LogP contribution >= 0.6 is 15.9 Å². The average molecular weight is 299 g/mol. The second-order valence-electron chi connectivity index (χ2n) is 4.43. The van der Waals surface area contributed by atoms with Crippen LogP contribution in [-0.4, -0.2) is 40.1 Å². The predicted molar refractivity (Wildman–Crippen MR) is 67.6 cm³/mol. The summed E-state index contributed by atoms with van der Waals surface area (Å²) >= 11 is 3.25. The monoisotopic (exact) mass is 298 g/mol. The summed E-state index contributed by atoms with van der Waals surface area (Å²) in [6.07, 6.45) is 0.343. The van der Waals surface area contributed by atoms with Crippen LogP contribution in [0.1, 0.15) is 23.8 Å². The number of carbonyl (C=O) groups is 1. The molecule has 4 nitrogen and oxygen atoms in total. The van der Waals surface area contributed by atoms with Crippen LogP contribution in [0.3, 0.4) is 0 Å². The number of amides is 1. The fourth-order valence-electron chi connectivity index (χ4n) is 2.01. The number of hydrogen-bond donors (Lipinski definition) is 1. The van der Waals surface area contributed by atoms with E-state index in [0.717, 1.165) is 0 Å². The van der Waals surface area contributed by atoms with Crippen LogP contribution in [0.2, 0.25) is 0 Å². The van der Waals surface area contributed by atoms with E-state index in [1.54, 1.807) is 23.1 Å². The van der Waals surface area contributed by atoms with Gasteiger partial charge in [0.2, 0.25) is 0 Å². The highest BCUT2D eigenvalue weighted by atomic mass is 79.9. The predicted octanol–water partition coefficient (Wildman–Crippen LogP) is 1.69. The van der Waals surface area contributed by atoms with Gasteiger partial charge < -0.3 is 10.0 Å². The molecule has 2 unspecified atom stereocenters. The van der Waals surface area contributed by atoms with Crippen LogP contribution in [0.4, 0.5) is 0 Å². The molecule has 1 fully saturated rings. The molecule has 2 heterocycles. The second-order valence-corrected chi connectivity index (χ2v) is 5.24. The lowest BCUT2D eigenvalue weighted by molar-refractivity contribution is 0.0294. The summed E-state index contributed by atoms with van der Waals surface area (Å²) in [4.78, 5) is 18.1. The first-order valence-electron chi connectivity index (χ1n) is 5.68. The normalized spacial score (nSPS) is 24.8. The van der Waals surface area contributed by atoms with Crippen LogP contribution < -0.4 is 0 Å². The van der Waals surface area contributed by atoms with E-state index in [2.05, 4.69) is 20.9 Å². The number of piperidine rings is 1. The van der Waals surface area contributed by atoms with Crippen molar-refractivity contribution < 1.29 is 9.90 Å². The number of likely N-dealkylation sites (tertiary alicyclic amines) is 1. The van der Waals surface area contributed by atoms with Gasteiger partial charge in [0.15, 0.2) is 0 Å². The lowest BCUT2D eigenvalue weighted by Gasteiger charge is -2.34. The van der Waals surface area contributed by atoms with E-state index in [4.69, 9.17) is 0 Å². The van der Waals surface area contributed by atoms with Crippen molar-refractivity contribution in [2.75, 3.05) is 13.1 Å². The van der Waals surface area contributed by atoms with Gasteiger partial charge >= 0.3 is 0 Å². The van der Waals surface area contributed by atoms with Crippen molar-refractivity contribution in [1.82, 2.24) is 9.88 Å². The standard InChI is InChI=1S/C12H15BrN2O2/c1-8-7-15(6-5-10(8)16)12(17)9-3-2-4-11(13)14-9/h2-4,8,10,16H,5-7H2,1H3. The van der Waals surface area contributed by atoms with E-state index < -0.39 is 0 Å². The van der Waals surface area contributed by atoms with Gasteiger partial charge in [-0.15, -0.1) is 0 Å². The third kappa shape index (κ3) is 2.84. The van der Waals surface area contributed by atoms with Crippen molar-refractivity contribution in [3.05, 3.63) is 28.5 Å². The Morgan fingerprint density at radius 3 is 3.00 bits per heavy atom. The number of aliphatic hydroxyl groups is 1. The Labute approximate surface area is 109 Å². The summed E-state index contributed by atoms with van der Waals surface area (Å²) in [5, 5.41) is 9.63. The molecular weight excluding hydrogens is 284 g/mol. The molecule has 1 aromatic heterocycles. The molecule has 2 atom stereocenters. The van der Waals surface area contributed by atoms with Crippen molar-refractivity contribution in [1.29, 1.82) is 0 Å². The zero-order chi connectivity index (χ0) is 12.4. The van der Waals surface area contributed by atoms with Gasteiger partial charge in [0, 0.05) is 13.1 Å². The number of nitrogens with zero attached hydrogens (tertiary/aromatic N) is 2. The van der Waals surface area contributed by atoms with E-state index in [9.17, 15) is 9.90 Å². The minimum Gasteiger partial charge on any atom is -0.393 e. The molecule has 0 aliphatic carbocycles. The highest BCUT2D eigenvalue weighted by molar-refractivity contribution is 9.10. The van der Waals surface area contributed by atoms with Gasteiger partial charge in [0.25, 0.3) is 5.91 Å². The van der Waals surface area contributed by atoms with Crippen molar-refractivity contribution in [2.24, 2.45) is 5.92 Å². The summed E-state index contributed by atoms with van der Waals surface area (Å²) in [5.74, 6) is 0.0601. The van der Waals surface area contributed by atoms with Crippen molar-refractivity contribution >= 4 is 21.8 Å². The average Bonchev–Trinajstić information content (AvgIpc) is 2.32. The molecule has 0 saturated carbocycles. The highest BCUT2D eigenvalue weighted by Crippen LogP contribution is 2.18. The molecule has 0 radical (unpaired) electrons. The third-order valence-electron chi connectivity index (χ3n) is 3.08. The molecular formula is C12H15BrN2O2. The summed E-state index contributed by atoms with van der Waals surface area (Å²) < 4.78 is 0.661. The van der Waals surface area contributed by atoms with Gasteiger partial charge in [-0.1, -0.05) is 13.0 Å². The van der Waals surface area contributed by atoms with Gasteiger partial charge in [-0.05, 0) is 40.4 Å². The number of pyridine rings is 1. The maximum absolute atomic E-state index is 12.2. The fraction of sp³-hybridized carbons (Fsp3) is 0.500. The molecule has 5 heteroatoms. The zero-order valence-electron chi connectivity index (χ0n) is 9.64. The molecule has 1 aliphatic heterocycles. The van der Waals surface area contributed by atoms with Crippen molar-refractivity contribution in [3.8, 4) is 0 Å². The third-order valence-corrected chi connectivity index (χ3v) is 3.52. The maximum Gasteiger partial charge on any atom is 0.272 e. The highest BCUT2D eigenvalue weighted by Gasteiger charge is 2.28. The minimum absolute atomic E-state index is 0.0648. The Morgan fingerprint density at radius 2 is 2.35 bits per heavy atom. The Morgan fingerprint density at radius 1 is 1.59 bits per heavy atom. The van der Waals surface area contributed by atoms with Gasteiger partial charge in [0.1, 0.15) is 10.3 Å². The number of aliphatic hydroxyl groups excluding tert-OH is 1. The molecule has 1 aliphatic rings. The first kappa shape index (κ1) is 12.5. The Kier molecular flexibility index (Phi) is 3.79. The summed E-state index contributed by atoms with van der Waals surface area (Å²) in [5.41, 5.74) is 0.447. The van der Waals surface area contributed by atoms with E-state index in [1.807, 2.05) is 6.92 Å². The lowest BCUT2D eigenvalue weighted by atomic mass is 9.96. The van der Waals surface area contributed by atoms with Crippen LogP contribution in [0.15, 0.2) is 22.8 Å². The molecule has 1 amide bonds. The molecule has 0 spiro atoms. The number of hydrogen-bond acceptors (Lipinski definition) is 3. The largest absolute Gasteiger partial charge is 0.393 e. The summed E-state index contributed by atoms with van der Waals surface area (Å²) in [6.45, 7) is 3.14. The number of aromatic nitrogens is 1. The molecule has 2 rings (SSSR count). The van der Waals surface area contributed by atoms with Crippen molar-refractivity contribution in [2.45, 2.75) is 19.4 Å². The Hall–Kier alpha value is -0.940. The zero-order valence-corrected chi connectivity index (χ0v) is 11.2. The van der Waals surface area contributed by atoms with E-state index in [-0.39, 0.29) is 17.9 Å². The summed E-state index contributed by atoms with van der Waals surface area (Å²) in [6, 6.07) is 5.30. The fourth-order valence-corrected chi connectivity index (χ4v) is 2.35. The van der Waals surface area contributed by atoms with E-state index in [1.165, 1.54) is 0 Å².